The van der Waals surface area contributed by atoms with Gasteiger partial charge in [-0.05, 0) is 55.7 Å². The molecule has 0 aliphatic rings. The zero-order valence-electron chi connectivity index (χ0n) is 18.9. The SMILES string of the molecule is CCOc1ccc(OCC(=O)N(CCCn2ccnc2)c2nc3c(CC)cccc3s2)cc1. The molecule has 7 nitrogen and oxygen atoms in total. The number of carbonyl (C=O) groups excluding carboxylic acids is 1. The van der Waals surface area contributed by atoms with E-state index in [1.807, 2.05) is 48.0 Å². The molecule has 2 aromatic heterocycles. The number of benzene rings is 2. The Morgan fingerprint density at radius 2 is 1.88 bits per heavy atom. The van der Waals surface area contributed by atoms with E-state index in [0.29, 0.717) is 24.0 Å². The molecule has 0 atom stereocenters. The summed E-state index contributed by atoms with van der Waals surface area (Å²) in [4.78, 5) is 23.9. The van der Waals surface area contributed by atoms with Crippen LogP contribution in [0.15, 0.2) is 61.2 Å². The van der Waals surface area contributed by atoms with Crippen LogP contribution in [0.1, 0.15) is 25.8 Å². The number of nitrogens with zero attached hydrogens (tertiary/aromatic N) is 4. The largest absolute Gasteiger partial charge is 0.494 e. The van der Waals surface area contributed by atoms with E-state index >= 15 is 0 Å². The first-order chi connectivity index (χ1) is 16.2. The Morgan fingerprint density at radius 1 is 1.09 bits per heavy atom. The molecule has 1 amide bonds. The van der Waals surface area contributed by atoms with Crippen LogP contribution in [0.5, 0.6) is 11.5 Å². The highest BCUT2D eigenvalue weighted by Gasteiger charge is 2.21. The number of aromatic nitrogens is 3. The Bertz CT molecular complexity index is 1170. The highest BCUT2D eigenvalue weighted by atomic mass is 32.1. The molecule has 0 saturated carbocycles. The van der Waals surface area contributed by atoms with Gasteiger partial charge in [0.05, 0.1) is 23.2 Å². The lowest BCUT2D eigenvalue weighted by molar-refractivity contribution is -0.120. The summed E-state index contributed by atoms with van der Waals surface area (Å²) in [5, 5.41) is 0.705. The van der Waals surface area contributed by atoms with Crippen LogP contribution in [-0.2, 0) is 17.8 Å². The minimum atomic E-state index is -0.119. The van der Waals surface area contributed by atoms with E-state index in [0.717, 1.165) is 35.4 Å². The maximum absolute atomic E-state index is 13.2. The van der Waals surface area contributed by atoms with Gasteiger partial charge in [-0.2, -0.15) is 0 Å². The monoisotopic (exact) mass is 464 g/mol. The van der Waals surface area contributed by atoms with E-state index in [2.05, 4.69) is 24.0 Å². The number of carbonyl (C=O) groups is 1. The highest BCUT2D eigenvalue weighted by Crippen LogP contribution is 2.31. The van der Waals surface area contributed by atoms with E-state index in [4.69, 9.17) is 14.5 Å². The molecule has 8 heteroatoms. The van der Waals surface area contributed by atoms with Crippen LogP contribution in [0.25, 0.3) is 10.2 Å². The van der Waals surface area contributed by atoms with Crippen molar-refractivity contribution in [3.63, 3.8) is 0 Å². The zero-order valence-corrected chi connectivity index (χ0v) is 19.8. The molecule has 0 N–H and O–H groups in total. The first-order valence-electron chi connectivity index (χ1n) is 11.2. The normalized spacial score (nSPS) is 11.0. The van der Waals surface area contributed by atoms with Gasteiger partial charge in [0.1, 0.15) is 11.5 Å². The zero-order chi connectivity index (χ0) is 23.0. The molecule has 4 rings (SSSR count). The van der Waals surface area contributed by atoms with Crippen molar-refractivity contribution in [2.75, 3.05) is 24.7 Å². The van der Waals surface area contributed by atoms with E-state index in [1.54, 1.807) is 28.8 Å². The van der Waals surface area contributed by atoms with Gasteiger partial charge in [0.15, 0.2) is 11.7 Å². The van der Waals surface area contributed by atoms with Gasteiger partial charge < -0.3 is 14.0 Å². The van der Waals surface area contributed by atoms with Crippen molar-refractivity contribution in [1.82, 2.24) is 14.5 Å². The number of thiazole rings is 1. The Labute approximate surface area is 197 Å². The molecular weight excluding hydrogens is 436 g/mol. The Morgan fingerprint density at radius 3 is 2.58 bits per heavy atom. The number of para-hydroxylation sites is 1. The van der Waals surface area contributed by atoms with Crippen molar-refractivity contribution in [2.45, 2.75) is 33.2 Å². The van der Waals surface area contributed by atoms with Crippen molar-refractivity contribution in [3.8, 4) is 11.5 Å². The number of amides is 1. The molecule has 0 fully saturated rings. The Balaban J connectivity index is 1.49. The van der Waals surface area contributed by atoms with E-state index in [1.165, 1.54) is 5.56 Å². The molecule has 0 spiro atoms. The first kappa shape index (κ1) is 22.8. The maximum Gasteiger partial charge on any atom is 0.266 e. The third kappa shape index (κ3) is 5.70. The molecule has 2 heterocycles. The van der Waals surface area contributed by atoms with Crippen LogP contribution in [0, 0.1) is 0 Å². The summed E-state index contributed by atoms with van der Waals surface area (Å²) in [6.07, 6.45) is 7.14. The van der Waals surface area contributed by atoms with Crippen molar-refractivity contribution in [3.05, 3.63) is 66.7 Å². The summed E-state index contributed by atoms with van der Waals surface area (Å²) in [5.74, 6) is 1.29. The summed E-state index contributed by atoms with van der Waals surface area (Å²) >= 11 is 1.54. The summed E-state index contributed by atoms with van der Waals surface area (Å²) in [6.45, 7) is 5.92. The van der Waals surface area contributed by atoms with Crippen LogP contribution in [0.2, 0.25) is 0 Å². The summed E-state index contributed by atoms with van der Waals surface area (Å²) in [5.41, 5.74) is 2.16. The third-order valence-electron chi connectivity index (χ3n) is 5.26. The summed E-state index contributed by atoms with van der Waals surface area (Å²) < 4.78 is 14.3. The average Bonchev–Trinajstić information content (AvgIpc) is 3.51. The second kappa shape index (κ2) is 11.0. The fourth-order valence-corrected chi connectivity index (χ4v) is 4.63. The topological polar surface area (TPSA) is 69.5 Å². The minimum Gasteiger partial charge on any atom is -0.494 e. The Kier molecular flexibility index (Phi) is 7.57. The van der Waals surface area contributed by atoms with E-state index in [9.17, 15) is 4.79 Å². The second-order valence-corrected chi connectivity index (χ2v) is 8.52. The van der Waals surface area contributed by atoms with E-state index < -0.39 is 0 Å². The predicted molar refractivity (Wildman–Crippen MR) is 131 cm³/mol. The molecule has 0 radical (unpaired) electrons. The minimum absolute atomic E-state index is 0.0599. The number of aryl methyl sites for hydroxylation is 2. The van der Waals surface area contributed by atoms with Gasteiger partial charge in [0.25, 0.3) is 5.91 Å². The highest BCUT2D eigenvalue weighted by molar-refractivity contribution is 7.22. The van der Waals surface area contributed by atoms with Gasteiger partial charge in [-0.3, -0.25) is 9.69 Å². The van der Waals surface area contributed by atoms with Crippen molar-refractivity contribution in [1.29, 1.82) is 0 Å². The Hall–Kier alpha value is -3.39. The number of imidazole rings is 1. The van der Waals surface area contributed by atoms with Gasteiger partial charge in [-0.25, -0.2) is 9.97 Å². The first-order valence-corrected chi connectivity index (χ1v) is 12.0. The van der Waals surface area contributed by atoms with Crippen LogP contribution in [0.4, 0.5) is 5.13 Å². The van der Waals surface area contributed by atoms with Crippen LogP contribution in [0.3, 0.4) is 0 Å². The molecule has 2 aromatic carbocycles. The quantitative estimate of drug-likeness (QED) is 0.314. The molecule has 0 saturated heterocycles. The van der Waals surface area contributed by atoms with Crippen LogP contribution in [-0.4, -0.2) is 40.2 Å². The molecule has 0 aliphatic carbocycles. The van der Waals surface area contributed by atoms with Crippen molar-refractivity contribution < 1.29 is 14.3 Å². The molecule has 4 aromatic rings. The van der Waals surface area contributed by atoms with Crippen molar-refractivity contribution >= 4 is 32.6 Å². The lowest BCUT2D eigenvalue weighted by atomic mass is 10.1. The number of ether oxygens (including phenoxy) is 2. The van der Waals surface area contributed by atoms with Gasteiger partial charge in [0, 0.05) is 25.5 Å². The second-order valence-electron chi connectivity index (χ2n) is 7.51. The molecule has 0 aliphatic heterocycles. The molecule has 0 unspecified atom stereocenters. The molecule has 172 valence electrons. The van der Waals surface area contributed by atoms with Crippen LogP contribution >= 0.6 is 11.3 Å². The molecule has 0 bridgehead atoms. The number of hydrogen-bond donors (Lipinski definition) is 0. The van der Waals surface area contributed by atoms with E-state index in [-0.39, 0.29) is 12.5 Å². The number of anilines is 1. The molecule has 33 heavy (non-hydrogen) atoms. The van der Waals surface area contributed by atoms with Gasteiger partial charge in [-0.1, -0.05) is 30.4 Å². The summed E-state index contributed by atoms with van der Waals surface area (Å²) in [7, 11) is 0. The number of fused-ring (bicyclic) bond motifs is 1. The van der Waals surface area contributed by atoms with Gasteiger partial charge >= 0.3 is 0 Å². The van der Waals surface area contributed by atoms with Gasteiger partial charge in [-0.15, -0.1) is 0 Å². The standard InChI is InChI=1S/C25H28N4O3S/c1-3-19-7-5-8-22-24(19)27-25(33-22)29(15-6-14-28-16-13-26-18-28)23(30)17-32-21-11-9-20(10-12-21)31-4-2/h5,7-13,16,18H,3-4,6,14-15,17H2,1-2H3. The van der Waals surface area contributed by atoms with Crippen molar-refractivity contribution in [2.24, 2.45) is 0 Å². The fourth-order valence-electron chi connectivity index (χ4n) is 3.57. The average molecular weight is 465 g/mol. The third-order valence-corrected chi connectivity index (χ3v) is 6.30. The maximum atomic E-state index is 13.2. The predicted octanol–water partition coefficient (Wildman–Crippen LogP) is 4.96. The summed E-state index contributed by atoms with van der Waals surface area (Å²) in [6, 6.07) is 13.5. The number of rotatable bonds is 11. The lowest BCUT2D eigenvalue weighted by Gasteiger charge is -2.20. The molecular formula is C25H28N4O3S. The smallest absolute Gasteiger partial charge is 0.266 e. The van der Waals surface area contributed by atoms with Gasteiger partial charge in [0.2, 0.25) is 0 Å². The fraction of sp³-hybridized carbons (Fsp3) is 0.320. The lowest BCUT2D eigenvalue weighted by Crippen LogP contribution is -2.36. The number of hydrogen-bond acceptors (Lipinski definition) is 6. The van der Waals surface area contributed by atoms with Crippen LogP contribution < -0.4 is 14.4 Å².